The maximum absolute atomic E-state index is 4.73. The van der Waals surface area contributed by atoms with E-state index in [2.05, 4.69) is 36.6 Å². The molecule has 108 valence electrons. The standard InChI is InChI=1S/C15H27N3S/c1-4-5-15-17-13(11-19-15)10-18(3)14-8-6-12(16-2)7-9-14/h11-12,14,16H,4-10H2,1-3H3. The first-order valence-corrected chi connectivity index (χ1v) is 8.41. The summed E-state index contributed by atoms with van der Waals surface area (Å²) in [6.45, 7) is 3.22. The summed E-state index contributed by atoms with van der Waals surface area (Å²) in [4.78, 5) is 7.23. The molecule has 0 spiro atoms. The van der Waals surface area contributed by atoms with Gasteiger partial charge < -0.3 is 5.32 Å². The van der Waals surface area contributed by atoms with Crippen molar-refractivity contribution < 1.29 is 0 Å². The van der Waals surface area contributed by atoms with Gasteiger partial charge in [-0.15, -0.1) is 11.3 Å². The molecule has 1 fully saturated rings. The Morgan fingerprint density at radius 2 is 2.11 bits per heavy atom. The molecule has 1 aliphatic rings. The van der Waals surface area contributed by atoms with Gasteiger partial charge in [-0.1, -0.05) is 6.92 Å². The van der Waals surface area contributed by atoms with Crippen molar-refractivity contribution in [1.82, 2.24) is 15.2 Å². The summed E-state index contributed by atoms with van der Waals surface area (Å²) in [5, 5.41) is 6.93. The molecule has 1 aromatic rings. The SMILES string of the molecule is CCCc1nc(CN(C)C2CCC(NC)CC2)cs1. The number of rotatable bonds is 6. The van der Waals surface area contributed by atoms with Gasteiger partial charge >= 0.3 is 0 Å². The Morgan fingerprint density at radius 1 is 1.37 bits per heavy atom. The van der Waals surface area contributed by atoms with Crippen LogP contribution < -0.4 is 5.32 Å². The van der Waals surface area contributed by atoms with Crippen molar-refractivity contribution in [2.75, 3.05) is 14.1 Å². The second-order valence-corrected chi connectivity index (χ2v) is 6.63. The molecule has 4 heteroatoms. The Hall–Kier alpha value is -0.450. The molecule has 1 heterocycles. The van der Waals surface area contributed by atoms with Crippen LogP contribution >= 0.6 is 11.3 Å². The van der Waals surface area contributed by atoms with Crippen LogP contribution in [0.25, 0.3) is 0 Å². The minimum Gasteiger partial charge on any atom is -0.317 e. The molecule has 0 bridgehead atoms. The fourth-order valence-corrected chi connectivity index (χ4v) is 3.83. The van der Waals surface area contributed by atoms with E-state index in [0.717, 1.165) is 25.0 Å². The smallest absolute Gasteiger partial charge is 0.0928 e. The van der Waals surface area contributed by atoms with E-state index >= 15 is 0 Å². The highest BCUT2D eigenvalue weighted by atomic mass is 32.1. The highest BCUT2D eigenvalue weighted by molar-refractivity contribution is 7.09. The van der Waals surface area contributed by atoms with Crippen molar-refractivity contribution in [1.29, 1.82) is 0 Å². The molecule has 2 rings (SSSR count). The van der Waals surface area contributed by atoms with Crippen LogP contribution in [0.5, 0.6) is 0 Å². The van der Waals surface area contributed by atoms with Crippen LogP contribution in [0.1, 0.15) is 49.7 Å². The Morgan fingerprint density at radius 3 is 2.74 bits per heavy atom. The van der Waals surface area contributed by atoms with Crippen LogP contribution in [0.15, 0.2) is 5.38 Å². The highest BCUT2D eigenvalue weighted by Gasteiger charge is 2.23. The number of thiazole rings is 1. The monoisotopic (exact) mass is 281 g/mol. The van der Waals surface area contributed by atoms with Gasteiger partial charge in [0.05, 0.1) is 10.7 Å². The number of hydrogen-bond donors (Lipinski definition) is 1. The average molecular weight is 281 g/mol. The summed E-state index contributed by atoms with van der Waals surface area (Å²) in [7, 11) is 4.34. The summed E-state index contributed by atoms with van der Waals surface area (Å²) >= 11 is 1.82. The van der Waals surface area contributed by atoms with Gasteiger partial charge in [0.1, 0.15) is 0 Å². The predicted octanol–water partition coefficient (Wildman–Crippen LogP) is 3.06. The molecule has 19 heavy (non-hydrogen) atoms. The van der Waals surface area contributed by atoms with E-state index in [-0.39, 0.29) is 0 Å². The van der Waals surface area contributed by atoms with Crippen LogP contribution in [-0.4, -0.2) is 36.1 Å². The Kier molecular flexibility index (Phi) is 5.79. The lowest BCUT2D eigenvalue weighted by Gasteiger charge is -2.34. The first kappa shape index (κ1) is 14.9. The van der Waals surface area contributed by atoms with E-state index in [9.17, 15) is 0 Å². The lowest BCUT2D eigenvalue weighted by Crippen LogP contribution is -2.39. The maximum atomic E-state index is 4.73. The molecule has 1 saturated carbocycles. The van der Waals surface area contributed by atoms with E-state index in [1.807, 2.05) is 11.3 Å². The van der Waals surface area contributed by atoms with Gasteiger partial charge in [-0.25, -0.2) is 4.98 Å². The summed E-state index contributed by atoms with van der Waals surface area (Å²) in [6, 6.07) is 1.47. The minimum atomic E-state index is 0.736. The Bertz CT molecular complexity index is 369. The van der Waals surface area contributed by atoms with E-state index in [0.29, 0.717) is 0 Å². The van der Waals surface area contributed by atoms with Crippen LogP contribution in [0.4, 0.5) is 0 Å². The summed E-state index contributed by atoms with van der Waals surface area (Å²) in [5.74, 6) is 0. The lowest BCUT2D eigenvalue weighted by molar-refractivity contribution is 0.168. The van der Waals surface area contributed by atoms with Gasteiger partial charge in [0.25, 0.3) is 0 Å². The molecular weight excluding hydrogens is 254 g/mol. The summed E-state index contributed by atoms with van der Waals surface area (Å²) < 4.78 is 0. The van der Waals surface area contributed by atoms with E-state index < -0.39 is 0 Å². The molecule has 0 atom stereocenters. The maximum Gasteiger partial charge on any atom is 0.0928 e. The lowest BCUT2D eigenvalue weighted by atomic mass is 9.90. The zero-order chi connectivity index (χ0) is 13.7. The molecular formula is C15H27N3S. The average Bonchev–Trinajstić information content (AvgIpc) is 2.86. The van der Waals surface area contributed by atoms with Gasteiger partial charge in [0.2, 0.25) is 0 Å². The zero-order valence-corrected chi connectivity index (χ0v) is 13.3. The molecule has 1 N–H and O–H groups in total. The first-order chi connectivity index (χ1) is 9.22. The fraction of sp³-hybridized carbons (Fsp3) is 0.800. The number of aromatic nitrogens is 1. The minimum absolute atomic E-state index is 0.736. The van der Waals surface area contributed by atoms with Crippen molar-refractivity contribution in [2.24, 2.45) is 0 Å². The summed E-state index contributed by atoms with van der Waals surface area (Å²) in [5.41, 5.74) is 1.26. The third kappa shape index (κ3) is 4.26. The molecule has 0 radical (unpaired) electrons. The third-order valence-corrected chi connectivity index (χ3v) is 5.16. The van der Waals surface area contributed by atoms with E-state index in [1.165, 1.54) is 42.8 Å². The van der Waals surface area contributed by atoms with Crippen molar-refractivity contribution >= 4 is 11.3 Å². The van der Waals surface area contributed by atoms with Crippen LogP contribution in [0, 0.1) is 0 Å². The van der Waals surface area contributed by atoms with Crippen molar-refractivity contribution in [3.63, 3.8) is 0 Å². The van der Waals surface area contributed by atoms with Gasteiger partial charge in [-0.05, 0) is 52.6 Å². The molecule has 0 saturated heterocycles. The van der Waals surface area contributed by atoms with Crippen LogP contribution in [0.2, 0.25) is 0 Å². The molecule has 3 nitrogen and oxygen atoms in total. The van der Waals surface area contributed by atoms with Crippen molar-refractivity contribution in [3.8, 4) is 0 Å². The van der Waals surface area contributed by atoms with Gasteiger partial charge in [-0.2, -0.15) is 0 Å². The highest BCUT2D eigenvalue weighted by Crippen LogP contribution is 2.23. The van der Waals surface area contributed by atoms with Gasteiger partial charge in [0, 0.05) is 24.0 Å². The molecule has 0 unspecified atom stereocenters. The van der Waals surface area contributed by atoms with E-state index in [1.54, 1.807) is 0 Å². The van der Waals surface area contributed by atoms with Crippen LogP contribution in [-0.2, 0) is 13.0 Å². The second kappa shape index (κ2) is 7.36. The third-order valence-electron chi connectivity index (χ3n) is 4.20. The second-order valence-electron chi connectivity index (χ2n) is 5.69. The normalized spacial score (nSPS) is 24.0. The summed E-state index contributed by atoms with van der Waals surface area (Å²) in [6.07, 6.45) is 7.56. The molecule has 1 aromatic heterocycles. The topological polar surface area (TPSA) is 28.2 Å². The zero-order valence-electron chi connectivity index (χ0n) is 12.5. The first-order valence-electron chi connectivity index (χ1n) is 7.53. The predicted molar refractivity (Wildman–Crippen MR) is 82.7 cm³/mol. The number of nitrogens with zero attached hydrogens (tertiary/aromatic N) is 2. The quantitative estimate of drug-likeness (QED) is 0.868. The van der Waals surface area contributed by atoms with Crippen molar-refractivity contribution in [2.45, 2.75) is 64.1 Å². The van der Waals surface area contributed by atoms with Crippen molar-refractivity contribution in [3.05, 3.63) is 16.1 Å². The van der Waals surface area contributed by atoms with Gasteiger partial charge in [0.15, 0.2) is 0 Å². The van der Waals surface area contributed by atoms with E-state index in [4.69, 9.17) is 4.98 Å². The molecule has 0 aromatic carbocycles. The fourth-order valence-electron chi connectivity index (χ4n) is 2.94. The largest absolute Gasteiger partial charge is 0.317 e. The Balaban J connectivity index is 1.81. The van der Waals surface area contributed by atoms with Gasteiger partial charge in [-0.3, -0.25) is 4.90 Å². The molecule has 1 aliphatic carbocycles. The number of nitrogens with one attached hydrogen (secondary N) is 1. The Labute approximate surface area is 121 Å². The van der Waals surface area contributed by atoms with Crippen LogP contribution in [0.3, 0.4) is 0 Å². The number of hydrogen-bond acceptors (Lipinski definition) is 4. The number of aryl methyl sites for hydroxylation is 1. The molecule has 0 aliphatic heterocycles. The molecule has 0 amide bonds.